The largest absolute Gasteiger partial charge is 0.508 e. The van der Waals surface area contributed by atoms with Crippen LogP contribution in [0.4, 0.5) is 10.5 Å². The lowest BCUT2D eigenvalue weighted by molar-refractivity contribution is 0.0697. The van der Waals surface area contributed by atoms with E-state index in [9.17, 15) is 14.7 Å². The molecule has 4 N–H and O–H groups in total. The number of amides is 2. The van der Waals surface area contributed by atoms with E-state index in [4.69, 9.17) is 10.2 Å². The molecule has 7 nitrogen and oxygen atoms in total. The number of aliphatic hydroxyl groups is 1. The molecule has 1 saturated heterocycles. The van der Waals surface area contributed by atoms with Crippen LogP contribution < -0.4 is 5.32 Å². The maximum atomic E-state index is 12.1. The van der Waals surface area contributed by atoms with Gasteiger partial charge in [-0.25, -0.2) is 9.59 Å². The number of phenolic OH excluding ortho intramolecular Hbond substituents is 1. The highest BCUT2D eigenvalue weighted by Gasteiger charge is 2.26. The molecule has 2 rings (SSSR count). The summed E-state index contributed by atoms with van der Waals surface area (Å²) >= 11 is 0. The average molecular weight is 294 g/mol. The van der Waals surface area contributed by atoms with Crippen LogP contribution in [0.15, 0.2) is 18.2 Å². The molecule has 0 bridgehead atoms. The van der Waals surface area contributed by atoms with Crippen LogP contribution in [0.1, 0.15) is 23.2 Å². The molecular formula is C14H18N2O5. The van der Waals surface area contributed by atoms with E-state index in [0.29, 0.717) is 19.5 Å². The second kappa shape index (κ2) is 6.45. The van der Waals surface area contributed by atoms with E-state index in [1.165, 1.54) is 12.1 Å². The molecule has 1 fully saturated rings. The Bertz CT molecular complexity index is 546. The van der Waals surface area contributed by atoms with Gasteiger partial charge in [-0.3, -0.25) is 0 Å². The maximum absolute atomic E-state index is 12.1. The minimum absolute atomic E-state index is 0.0985. The van der Waals surface area contributed by atoms with Crippen molar-refractivity contribution >= 4 is 17.7 Å². The third-order valence-corrected chi connectivity index (χ3v) is 3.59. The minimum atomic E-state index is -1.22. The summed E-state index contributed by atoms with van der Waals surface area (Å²) in [4.78, 5) is 24.8. The number of carbonyl (C=O) groups excluding carboxylic acids is 1. The Kier molecular flexibility index (Phi) is 4.64. The Balaban J connectivity index is 2.05. The Labute approximate surface area is 121 Å². The number of carbonyl (C=O) groups is 2. The zero-order valence-corrected chi connectivity index (χ0v) is 11.5. The van der Waals surface area contributed by atoms with E-state index >= 15 is 0 Å². The predicted octanol–water partition coefficient (Wildman–Crippen LogP) is 1.33. The molecule has 114 valence electrons. The second-order valence-electron chi connectivity index (χ2n) is 5.08. The number of urea groups is 1. The standard InChI is InChI=1S/C14H18N2O5/c17-6-4-9-3-5-16(8-9)14(21)15-12-2-1-10(18)7-11(12)13(19)20/h1-2,7,9,17-18H,3-6,8H2,(H,15,21)(H,19,20). The van der Waals surface area contributed by atoms with Gasteiger partial charge in [-0.15, -0.1) is 0 Å². The van der Waals surface area contributed by atoms with Crippen molar-refractivity contribution in [2.45, 2.75) is 12.8 Å². The first-order valence-electron chi connectivity index (χ1n) is 6.74. The molecule has 2 amide bonds. The van der Waals surface area contributed by atoms with Gasteiger partial charge in [0.25, 0.3) is 0 Å². The number of rotatable bonds is 4. The first kappa shape index (κ1) is 15.1. The lowest BCUT2D eigenvalue weighted by atomic mass is 10.1. The third kappa shape index (κ3) is 3.63. The minimum Gasteiger partial charge on any atom is -0.508 e. The molecule has 1 aromatic carbocycles. The number of carboxylic acids is 1. The zero-order chi connectivity index (χ0) is 15.4. The van der Waals surface area contributed by atoms with E-state index in [1.54, 1.807) is 4.90 Å². The fourth-order valence-corrected chi connectivity index (χ4v) is 2.45. The monoisotopic (exact) mass is 294 g/mol. The van der Waals surface area contributed by atoms with Crippen molar-refractivity contribution in [3.8, 4) is 5.75 Å². The van der Waals surface area contributed by atoms with E-state index < -0.39 is 5.97 Å². The highest BCUT2D eigenvalue weighted by atomic mass is 16.4. The Morgan fingerprint density at radius 2 is 2.14 bits per heavy atom. The van der Waals surface area contributed by atoms with Crippen LogP contribution >= 0.6 is 0 Å². The van der Waals surface area contributed by atoms with Crippen molar-refractivity contribution < 1.29 is 24.9 Å². The summed E-state index contributed by atoms with van der Waals surface area (Å²) in [5.74, 6) is -1.12. The third-order valence-electron chi connectivity index (χ3n) is 3.59. The van der Waals surface area contributed by atoms with Crippen molar-refractivity contribution in [3.63, 3.8) is 0 Å². The van der Waals surface area contributed by atoms with E-state index in [2.05, 4.69) is 5.32 Å². The first-order chi connectivity index (χ1) is 10.0. The zero-order valence-electron chi connectivity index (χ0n) is 11.5. The molecule has 1 atom stereocenters. The number of anilines is 1. The van der Waals surface area contributed by atoms with Crippen molar-refractivity contribution in [2.24, 2.45) is 5.92 Å². The number of phenols is 1. The van der Waals surface area contributed by atoms with Gasteiger partial charge in [0, 0.05) is 19.7 Å². The van der Waals surface area contributed by atoms with Gasteiger partial charge in [-0.2, -0.15) is 0 Å². The summed E-state index contributed by atoms with van der Waals surface area (Å²) in [6.07, 6.45) is 1.48. The summed E-state index contributed by atoms with van der Waals surface area (Å²) in [6.45, 7) is 1.23. The summed E-state index contributed by atoms with van der Waals surface area (Å²) in [7, 11) is 0. The summed E-state index contributed by atoms with van der Waals surface area (Å²) in [5.41, 5.74) is -0.00892. The molecule has 0 saturated carbocycles. The van der Waals surface area contributed by atoms with Crippen LogP contribution in [-0.2, 0) is 0 Å². The van der Waals surface area contributed by atoms with Gasteiger partial charge in [-0.1, -0.05) is 0 Å². The van der Waals surface area contributed by atoms with Crippen molar-refractivity contribution in [3.05, 3.63) is 23.8 Å². The molecule has 1 aliphatic rings. The van der Waals surface area contributed by atoms with Crippen LogP contribution in [0, 0.1) is 5.92 Å². The summed E-state index contributed by atoms with van der Waals surface area (Å²) in [6, 6.07) is 3.40. The molecular weight excluding hydrogens is 276 g/mol. The lowest BCUT2D eigenvalue weighted by Gasteiger charge is -2.18. The van der Waals surface area contributed by atoms with Gasteiger partial charge in [-0.05, 0) is 37.0 Å². The van der Waals surface area contributed by atoms with Crippen LogP contribution in [0.2, 0.25) is 0 Å². The molecule has 0 radical (unpaired) electrons. The summed E-state index contributed by atoms with van der Waals surface area (Å²) < 4.78 is 0. The Morgan fingerprint density at radius 1 is 1.38 bits per heavy atom. The summed E-state index contributed by atoms with van der Waals surface area (Å²) in [5, 5.41) is 29.9. The van der Waals surface area contributed by atoms with Gasteiger partial charge in [0.05, 0.1) is 11.3 Å². The van der Waals surface area contributed by atoms with Gasteiger partial charge in [0.1, 0.15) is 5.75 Å². The number of likely N-dealkylation sites (tertiary alicyclic amines) is 1. The molecule has 1 aliphatic heterocycles. The predicted molar refractivity (Wildman–Crippen MR) is 75.5 cm³/mol. The number of benzene rings is 1. The highest BCUT2D eigenvalue weighted by Crippen LogP contribution is 2.24. The number of nitrogens with zero attached hydrogens (tertiary/aromatic N) is 1. The van der Waals surface area contributed by atoms with Crippen LogP contribution in [0.3, 0.4) is 0 Å². The number of carboxylic acid groups (broad SMARTS) is 1. The van der Waals surface area contributed by atoms with Crippen LogP contribution in [0.25, 0.3) is 0 Å². The normalized spacial score (nSPS) is 17.8. The van der Waals surface area contributed by atoms with E-state index in [1.807, 2.05) is 0 Å². The Hall–Kier alpha value is -2.28. The fraction of sp³-hybridized carbons (Fsp3) is 0.429. The number of hydrogen-bond acceptors (Lipinski definition) is 4. The number of nitrogens with one attached hydrogen (secondary N) is 1. The molecule has 0 aromatic heterocycles. The molecule has 1 unspecified atom stereocenters. The van der Waals surface area contributed by atoms with Crippen molar-refractivity contribution in [1.82, 2.24) is 4.90 Å². The number of aliphatic hydroxyl groups excluding tert-OH is 1. The molecule has 7 heteroatoms. The quantitative estimate of drug-likeness (QED) is 0.626. The second-order valence-corrected chi connectivity index (χ2v) is 5.08. The van der Waals surface area contributed by atoms with Gasteiger partial charge in [0.2, 0.25) is 0 Å². The molecule has 1 heterocycles. The molecule has 0 aliphatic carbocycles. The van der Waals surface area contributed by atoms with Crippen molar-refractivity contribution in [2.75, 3.05) is 25.0 Å². The van der Waals surface area contributed by atoms with Gasteiger partial charge >= 0.3 is 12.0 Å². The van der Waals surface area contributed by atoms with E-state index in [-0.39, 0.29) is 35.6 Å². The lowest BCUT2D eigenvalue weighted by Crippen LogP contribution is -2.33. The smallest absolute Gasteiger partial charge is 0.337 e. The first-order valence-corrected chi connectivity index (χ1v) is 6.74. The fourth-order valence-electron chi connectivity index (χ4n) is 2.45. The number of aromatic carboxylic acids is 1. The maximum Gasteiger partial charge on any atom is 0.337 e. The van der Waals surface area contributed by atoms with Gasteiger partial charge in [0.15, 0.2) is 0 Å². The van der Waals surface area contributed by atoms with Crippen LogP contribution in [-0.4, -0.2) is 51.9 Å². The average Bonchev–Trinajstić information content (AvgIpc) is 2.89. The molecule has 21 heavy (non-hydrogen) atoms. The number of aromatic hydroxyl groups is 1. The highest BCUT2D eigenvalue weighted by molar-refractivity contribution is 6.00. The number of hydrogen-bond donors (Lipinski definition) is 4. The molecule has 0 spiro atoms. The Morgan fingerprint density at radius 3 is 2.81 bits per heavy atom. The topological polar surface area (TPSA) is 110 Å². The van der Waals surface area contributed by atoms with Crippen LogP contribution in [0.5, 0.6) is 5.75 Å². The van der Waals surface area contributed by atoms with E-state index in [0.717, 1.165) is 12.5 Å². The van der Waals surface area contributed by atoms with Crippen molar-refractivity contribution in [1.29, 1.82) is 0 Å². The SMILES string of the molecule is O=C(O)c1cc(O)ccc1NC(=O)N1CCC(CCO)C1. The molecule has 1 aromatic rings. The van der Waals surface area contributed by atoms with Gasteiger partial charge < -0.3 is 25.5 Å².